The summed E-state index contributed by atoms with van der Waals surface area (Å²) in [7, 11) is 1.94. The number of likely N-dealkylation sites (N-methyl/N-ethyl adjacent to an activating group) is 1. The van der Waals surface area contributed by atoms with Crippen molar-refractivity contribution in [3.05, 3.63) is 38.3 Å². The molecule has 0 aromatic heterocycles. The van der Waals surface area contributed by atoms with E-state index in [1.54, 1.807) is 6.07 Å². The molecule has 1 fully saturated rings. The predicted octanol–water partition coefficient (Wildman–Crippen LogP) is 2.54. The molecule has 1 heterocycles. The minimum Gasteiger partial charge on any atom is -0.318 e. The van der Waals surface area contributed by atoms with Crippen LogP contribution in [0, 0.1) is 10.1 Å². The minimum atomic E-state index is -0.302. The maximum absolute atomic E-state index is 11.1. The van der Waals surface area contributed by atoms with Crippen LogP contribution in [-0.4, -0.2) is 36.0 Å². The van der Waals surface area contributed by atoms with Crippen molar-refractivity contribution in [1.82, 2.24) is 10.2 Å². The van der Waals surface area contributed by atoms with Crippen LogP contribution in [0.2, 0.25) is 0 Å². The summed E-state index contributed by atoms with van der Waals surface area (Å²) in [4.78, 5) is 13.1. The lowest BCUT2D eigenvalue weighted by Gasteiger charge is -2.24. The average molecular weight is 328 g/mol. The average Bonchev–Trinajstić information content (AvgIpc) is 2.79. The molecule has 19 heavy (non-hydrogen) atoms. The topological polar surface area (TPSA) is 58.4 Å². The smallest absolute Gasteiger partial charge is 0.275 e. The largest absolute Gasteiger partial charge is 0.318 e. The first-order valence-electron chi connectivity index (χ1n) is 6.43. The number of halogens is 1. The SMILES string of the molecule is CNCC1CCCN1Cc1ccc(Br)cc1[N+](=O)[O-]. The van der Waals surface area contributed by atoms with Crippen molar-refractivity contribution in [1.29, 1.82) is 0 Å². The van der Waals surface area contributed by atoms with Crippen molar-refractivity contribution in [2.24, 2.45) is 0 Å². The standard InChI is InChI=1S/C13H18BrN3O2/c1-15-8-12-3-2-6-16(12)9-10-4-5-11(14)7-13(10)17(18)19/h4-5,7,12,15H,2-3,6,8-9H2,1H3. The van der Waals surface area contributed by atoms with E-state index in [-0.39, 0.29) is 10.6 Å². The van der Waals surface area contributed by atoms with Gasteiger partial charge in [-0.2, -0.15) is 0 Å². The second-order valence-corrected chi connectivity index (χ2v) is 5.77. The number of nitrogens with one attached hydrogen (secondary N) is 1. The fourth-order valence-corrected chi connectivity index (χ4v) is 2.98. The van der Waals surface area contributed by atoms with E-state index in [0.717, 1.165) is 36.0 Å². The fourth-order valence-electron chi connectivity index (χ4n) is 2.63. The van der Waals surface area contributed by atoms with Crippen LogP contribution in [0.1, 0.15) is 18.4 Å². The first kappa shape index (κ1) is 14.4. The summed E-state index contributed by atoms with van der Waals surface area (Å²) < 4.78 is 0.746. The van der Waals surface area contributed by atoms with Crippen molar-refractivity contribution in [3.8, 4) is 0 Å². The zero-order valence-corrected chi connectivity index (χ0v) is 12.5. The van der Waals surface area contributed by atoms with E-state index in [1.807, 2.05) is 19.2 Å². The molecule has 1 N–H and O–H groups in total. The second-order valence-electron chi connectivity index (χ2n) is 4.85. The van der Waals surface area contributed by atoms with Crippen LogP contribution >= 0.6 is 15.9 Å². The Balaban J connectivity index is 2.16. The number of rotatable bonds is 5. The van der Waals surface area contributed by atoms with Gasteiger partial charge in [-0.3, -0.25) is 15.0 Å². The number of benzene rings is 1. The summed E-state index contributed by atoms with van der Waals surface area (Å²) in [5.41, 5.74) is 0.987. The highest BCUT2D eigenvalue weighted by Crippen LogP contribution is 2.27. The Morgan fingerprint density at radius 3 is 3.05 bits per heavy atom. The molecule has 0 radical (unpaired) electrons. The molecule has 1 atom stereocenters. The molecule has 1 unspecified atom stereocenters. The van der Waals surface area contributed by atoms with Gasteiger partial charge in [0.1, 0.15) is 0 Å². The fraction of sp³-hybridized carbons (Fsp3) is 0.538. The van der Waals surface area contributed by atoms with Crippen LogP contribution < -0.4 is 5.32 Å². The highest BCUT2D eigenvalue weighted by atomic mass is 79.9. The molecule has 0 saturated carbocycles. The van der Waals surface area contributed by atoms with Crippen LogP contribution in [-0.2, 0) is 6.54 Å². The van der Waals surface area contributed by atoms with Gasteiger partial charge in [-0.05, 0) is 38.6 Å². The van der Waals surface area contributed by atoms with E-state index in [9.17, 15) is 10.1 Å². The molecule has 0 bridgehead atoms. The lowest BCUT2D eigenvalue weighted by molar-refractivity contribution is -0.385. The van der Waals surface area contributed by atoms with E-state index in [1.165, 1.54) is 0 Å². The number of hydrogen-bond donors (Lipinski definition) is 1. The molecule has 0 amide bonds. The maximum Gasteiger partial charge on any atom is 0.275 e. The normalized spacial score (nSPS) is 19.8. The Labute approximate surface area is 121 Å². The van der Waals surface area contributed by atoms with E-state index in [2.05, 4.69) is 26.1 Å². The number of nitrogens with zero attached hydrogens (tertiary/aromatic N) is 2. The molecule has 1 aliphatic rings. The van der Waals surface area contributed by atoms with Gasteiger partial charge in [-0.15, -0.1) is 0 Å². The Kier molecular flexibility index (Phi) is 4.90. The predicted molar refractivity (Wildman–Crippen MR) is 78.2 cm³/mol. The molecular formula is C13H18BrN3O2. The van der Waals surface area contributed by atoms with Gasteiger partial charge in [0.15, 0.2) is 0 Å². The Morgan fingerprint density at radius 1 is 1.58 bits per heavy atom. The maximum atomic E-state index is 11.1. The molecule has 1 saturated heterocycles. The molecular weight excluding hydrogens is 310 g/mol. The van der Waals surface area contributed by atoms with Crippen molar-refractivity contribution in [3.63, 3.8) is 0 Å². The van der Waals surface area contributed by atoms with Crippen molar-refractivity contribution in [2.75, 3.05) is 20.1 Å². The van der Waals surface area contributed by atoms with Crippen molar-refractivity contribution < 1.29 is 4.92 Å². The van der Waals surface area contributed by atoms with Gasteiger partial charge in [-0.1, -0.05) is 15.9 Å². The monoisotopic (exact) mass is 327 g/mol. The van der Waals surface area contributed by atoms with E-state index in [0.29, 0.717) is 12.6 Å². The molecule has 0 aliphatic carbocycles. The van der Waals surface area contributed by atoms with E-state index >= 15 is 0 Å². The van der Waals surface area contributed by atoms with Crippen molar-refractivity contribution in [2.45, 2.75) is 25.4 Å². The second kappa shape index (κ2) is 6.45. The number of nitro groups is 1. The minimum absolute atomic E-state index is 0.199. The zero-order valence-electron chi connectivity index (χ0n) is 10.9. The lowest BCUT2D eigenvalue weighted by atomic mass is 10.1. The molecule has 1 aromatic carbocycles. The molecule has 0 spiro atoms. The van der Waals surface area contributed by atoms with Gasteiger partial charge in [0.25, 0.3) is 5.69 Å². The van der Waals surface area contributed by atoms with E-state index in [4.69, 9.17) is 0 Å². The van der Waals surface area contributed by atoms with Crippen LogP contribution in [0.5, 0.6) is 0 Å². The highest BCUT2D eigenvalue weighted by molar-refractivity contribution is 9.10. The summed E-state index contributed by atoms with van der Waals surface area (Å²) >= 11 is 3.29. The molecule has 5 nitrogen and oxygen atoms in total. The van der Waals surface area contributed by atoms with E-state index < -0.39 is 0 Å². The van der Waals surface area contributed by atoms with Gasteiger partial charge < -0.3 is 5.32 Å². The third-order valence-electron chi connectivity index (χ3n) is 3.56. The first-order valence-corrected chi connectivity index (χ1v) is 7.22. The lowest BCUT2D eigenvalue weighted by Crippen LogP contribution is -2.36. The molecule has 1 aromatic rings. The Bertz CT molecular complexity index is 467. The van der Waals surface area contributed by atoms with Crippen LogP contribution in [0.3, 0.4) is 0 Å². The highest BCUT2D eigenvalue weighted by Gasteiger charge is 2.26. The summed E-state index contributed by atoms with van der Waals surface area (Å²) in [6, 6.07) is 5.77. The molecule has 104 valence electrons. The van der Waals surface area contributed by atoms with Crippen molar-refractivity contribution >= 4 is 21.6 Å². The van der Waals surface area contributed by atoms with Crippen LogP contribution in [0.15, 0.2) is 22.7 Å². The third kappa shape index (κ3) is 3.52. The van der Waals surface area contributed by atoms with Crippen LogP contribution in [0.25, 0.3) is 0 Å². The molecule has 1 aliphatic heterocycles. The summed E-state index contributed by atoms with van der Waals surface area (Å²) in [6.45, 7) is 2.60. The third-order valence-corrected chi connectivity index (χ3v) is 4.05. The van der Waals surface area contributed by atoms with Crippen LogP contribution in [0.4, 0.5) is 5.69 Å². The van der Waals surface area contributed by atoms with Gasteiger partial charge in [0.2, 0.25) is 0 Å². The first-order chi connectivity index (χ1) is 9.11. The summed E-state index contributed by atoms with van der Waals surface area (Å²) in [5.74, 6) is 0. The molecule has 6 heteroatoms. The summed E-state index contributed by atoms with van der Waals surface area (Å²) in [5, 5.41) is 14.3. The van der Waals surface area contributed by atoms with Gasteiger partial charge >= 0.3 is 0 Å². The van der Waals surface area contributed by atoms with Gasteiger partial charge in [-0.25, -0.2) is 0 Å². The quantitative estimate of drug-likeness (QED) is 0.667. The molecule has 2 rings (SSSR count). The summed E-state index contributed by atoms with van der Waals surface area (Å²) in [6.07, 6.45) is 2.32. The van der Waals surface area contributed by atoms with Gasteiger partial charge in [0.05, 0.1) is 4.92 Å². The Hall–Kier alpha value is -0.980. The zero-order chi connectivity index (χ0) is 13.8. The van der Waals surface area contributed by atoms with Gasteiger partial charge in [0, 0.05) is 35.2 Å². The number of likely N-dealkylation sites (tertiary alicyclic amines) is 1. The Morgan fingerprint density at radius 2 is 2.37 bits per heavy atom. The number of nitro benzene ring substituents is 1. The number of hydrogen-bond acceptors (Lipinski definition) is 4.